The lowest BCUT2D eigenvalue weighted by Gasteiger charge is -2.15. The molecule has 5 heteroatoms. The van der Waals surface area contributed by atoms with Crippen molar-refractivity contribution in [3.8, 4) is 0 Å². The molecule has 0 aromatic carbocycles. The third-order valence-corrected chi connectivity index (χ3v) is 3.62. The van der Waals surface area contributed by atoms with Crippen LogP contribution in [0.25, 0.3) is 0 Å². The largest absolute Gasteiger partial charge is 0.387 e. The molecule has 1 aromatic heterocycles. The summed E-state index contributed by atoms with van der Waals surface area (Å²) in [5.41, 5.74) is 0.545. The number of rotatable bonds is 3. The Morgan fingerprint density at radius 2 is 2.29 bits per heavy atom. The van der Waals surface area contributed by atoms with Crippen molar-refractivity contribution in [2.75, 3.05) is 0 Å². The van der Waals surface area contributed by atoms with E-state index in [1.165, 1.54) is 0 Å². The Hall–Kier alpha value is -0.550. The zero-order chi connectivity index (χ0) is 12.5. The molecule has 1 fully saturated rings. The predicted molar refractivity (Wildman–Crippen MR) is 63.8 cm³/mol. The zero-order valence-corrected chi connectivity index (χ0v) is 10.8. The lowest BCUT2D eigenvalue weighted by atomic mass is 9.98. The van der Waals surface area contributed by atoms with Gasteiger partial charge in [-0.2, -0.15) is 0 Å². The van der Waals surface area contributed by atoms with Gasteiger partial charge in [0.25, 0.3) is 0 Å². The van der Waals surface area contributed by atoms with E-state index in [9.17, 15) is 13.9 Å². The number of hydrogen-bond acceptors (Lipinski definition) is 2. The smallest absolute Gasteiger partial charge is 0.248 e. The highest BCUT2D eigenvalue weighted by atomic mass is 79.9. The van der Waals surface area contributed by atoms with Crippen LogP contribution in [0.5, 0.6) is 0 Å². The van der Waals surface area contributed by atoms with Crippen molar-refractivity contribution in [1.82, 2.24) is 4.98 Å². The van der Waals surface area contributed by atoms with Gasteiger partial charge in [-0.1, -0.05) is 0 Å². The summed E-state index contributed by atoms with van der Waals surface area (Å²) in [6, 6.07) is 3.50. The Balaban J connectivity index is 1.93. The second-order valence-electron chi connectivity index (χ2n) is 4.62. The summed E-state index contributed by atoms with van der Waals surface area (Å²) in [5.74, 6) is -2.65. The molecule has 0 bridgehead atoms. The first-order valence-corrected chi connectivity index (χ1v) is 6.43. The first-order chi connectivity index (χ1) is 7.96. The molecule has 1 aliphatic rings. The van der Waals surface area contributed by atoms with Gasteiger partial charge in [0.05, 0.1) is 11.8 Å². The molecule has 1 N–H and O–H groups in total. The molecule has 0 amide bonds. The molecule has 1 aliphatic carbocycles. The quantitative estimate of drug-likeness (QED) is 0.923. The van der Waals surface area contributed by atoms with E-state index in [-0.39, 0.29) is 18.8 Å². The highest BCUT2D eigenvalue weighted by Gasteiger charge is 2.40. The number of pyridine rings is 1. The third kappa shape index (κ3) is 3.45. The lowest BCUT2D eigenvalue weighted by molar-refractivity contribution is 0.00245. The summed E-state index contributed by atoms with van der Waals surface area (Å²) >= 11 is 3.25. The van der Waals surface area contributed by atoms with Crippen molar-refractivity contribution in [3.63, 3.8) is 0 Å². The standard InChI is InChI=1S/C12H14BrF2NO/c13-9-1-2-10(16-7-9)11(17)5-8-3-4-12(14,15)6-8/h1-2,7-8,11,17H,3-6H2. The molecule has 2 nitrogen and oxygen atoms in total. The molecular formula is C12H14BrF2NO. The molecule has 2 atom stereocenters. The monoisotopic (exact) mass is 305 g/mol. The van der Waals surface area contributed by atoms with Crippen LogP contribution in [0.1, 0.15) is 37.5 Å². The van der Waals surface area contributed by atoms with Crippen LogP contribution in [0.15, 0.2) is 22.8 Å². The molecular weight excluding hydrogens is 292 g/mol. The Kier molecular flexibility index (Phi) is 3.78. The van der Waals surface area contributed by atoms with Gasteiger partial charge in [0.2, 0.25) is 5.92 Å². The van der Waals surface area contributed by atoms with Crippen LogP contribution in [0.3, 0.4) is 0 Å². The molecule has 0 aliphatic heterocycles. The zero-order valence-electron chi connectivity index (χ0n) is 9.24. The maximum absolute atomic E-state index is 13.0. The maximum Gasteiger partial charge on any atom is 0.248 e. The van der Waals surface area contributed by atoms with Crippen molar-refractivity contribution in [3.05, 3.63) is 28.5 Å². The number of aromatic nitrogens is 1. The fourth-order valence-corrected chi connectivity index (χ4v) is 2.50. The number of halogens is 3. The maximum atomic E-state index is 13.0. The van der Waals surface area contributed by atoms with Crippen LogP contribution in [-0.2, 0) is 0 Å². The summed E-state index contributed by atoms with van der Waals surface area (Å²) in [5, 5.41) is 9.92. The minimum atomic E-state index is -2.54. The van der Waals surface area contributed by atoms with E-state index < -0.39 is 12.0 Å². The molecule has 94 valence electrons. The van der Waals surface area contributed by atoms with Gasteiger partial charge in [-0.05, 0) is 46.8 Å². The molecule has 1 aromatic rings. The molecule has 2 unspecified atom stereocenters. The number of nitrogens with zero attached hydrogens (tertiary/aromatic N) is 1. The van der Waals surface area contributed by atoms with Crippen LogP contribution in [0.4, 0.5) is 8.78 Å². The van der Waals surface area contributed by atoms with Crippen molar-refractivity contribution >= 4 is 15.9 Å². The van der Waals surface area contributed by atoms with E-state index in [2.05, 4.69) is 20.9 Å². The fraction of sp³-hybridized carbons (Fsp3) is 0.583. The lowest BCUT2D eigenvalue weighted by Crippen LogP contribution is -2.11. The van der Waals surface area contributed by atoms with Gasteiger partial charge in [-0.15, -0.1) is 0 Å². The van der Waals surface area contributed by atoms with Crippen LogP contribution in [0.2, 0.25) is 0 Å². The van der Waals surface area contributed by atoms with Gasteiger partial charge in [-0.3, -0.25) is 4.98 Å². The normalized spacial score (nSPS) is 24.8. The number of aliphatic hydroxyl groups excluding tert-OH is 1. The summed E-state index contributed by atoms with van der Waals surface area (Å²) in [6.07, 6.45) is 1.53. The van der Waals surface area contributed by atoms with Gasteiger partial charge in [0, 0.05) is 23.5 Å². The van der Waals surface area contributed by atoms with E-state index in [0.717, 1.165) is 4.47 Å². The second-order valence-corrected chi connectivity index (χ2v) is 5.53. The average Bonchev–Trinajstić information content (AvgIpc) is 2.59. The summed E-state index contributed by atoms with van der Waals surface area (Å²) < 4.78 is 26.8. The Labute approximate surface area is 107 Å². The number of aliphatic hydroxyl groups is 1. The topological polar surface area (TPSA) is 33.1 Å². The number of alkyl halides is 2. The first-order valence-electron chi connectivity index (χ1n) is 5.64. The van der Waals surface area contributed by atoms with E-state index in [1.54, 1.807) is 18.3 Å². The highest BCUT2D eigenvalue weighted by Crippen LogP contribution is 2.42. The van der Waals surface area contributed by atoms with Crippen molar-refractivity contribution in [2.24, 2.45) is 5.92 Å². The average molecular weight is 306 g/mol. The molecule has 2 rings (SSSR count). The Bertz CT molecular complexity index is 383. The van der Waals surface area contributed by atoms with Crippen LogP contribution >= 0.6 is 15.9 Å². The second kappa shape index (κ2) is 4.98. The minimum absolute atomic E-state index is 0.0574. The molecule has 0 spiro atoms. The Morgan fingerprint density at radius 1 is 1.53 bits per heavy atom. The molecule has 0 radical (unpaired) electrons. The van der Waals surface area contributed by atoms with Crippen LogP contribution < -0.4 is 0 Å². The van der Waals surface area contributed by atoms with Gasteiger partial charge in [-0.25, -0.2) is 8.78 Å². The van der Waals surface area contributed by atoms with Crippen molar-refractivity contribution < 1.29 is 13.9 Å². The summed E-state index contributed by atoms with van der Waals surface area (Å²) in [7, 11) is 0. The van der Waals surface area contributed by atoms with E-state index in [0.29, 0.717) is 18.5 Å². The van der Waals surface area contributed by atoms with Gasteiger partial charge >= 0.3 is 0 Å². The number of hydrogen-bond donors (Lipinski definition) is 1. The van der Waals surface area contributed by atoms with E-state index in [1.807, 2.05) is 0 Å². The predicted octanol–water partition coefficient (Wildman–Crippen LogP) is 3.70. The third-order valence-electron chi connectivity index (χ3n) is 3.15. The molecule has 1 heterocycles. The van der Waals surface area contributed by atoms with Gasteiger partial charge in [0.15, 0.2) is 0 Å². The van der Waals surface area contributed by atoms with Crippen molar-refractivity contribution in [1.29, 1.82) is 0 Å². The first kappa shape index (κ1) is 12.9. The highest BCUT2D eigenvalue weighted by molar-refractivity contribution is 9.10. The summed E-state index contributed by atoms with van der Waals surface area (Å²) in [4.78, 5) is 4.07. The van der Waals surface area contributed by atoms with Gasteiger partial charge < -0.3 is 5.11 Å². The van der Waals surface area contributed by atoms with Crippen molar-refractivity contribution in [2.45, 2.75) is 37.7 Å². The van der Waals surface area contributed by atoms with E-state index in [4.69, 9.17) is 0 Å². The molecule has 17 heavy (non-hydrogen) atoms. The van der Waals surface area contributed by atoms with Gasteiger partial charge in [0.1, 0.15) is 0 Å². The fourth-order valence-electron chi connectivity index (χ4n) is 2.26. The minimum Gasteiger partial charge on any atom is -0.387 e. The SMILES string of the molecule is OC(CC1CCC(F)(F)C1)c1ccc(Br)cn1. The van der Waals surface area contributed by atoms with E-state index >= 15 is 0 Å². The molecule has 1 saturated carbocycles. The molecule has 0 saturated heterocycles. The summed E-state index contributed by atoms with van der Waals surface area (Å²) in [6.45, 7) is 0. The van der Waals surface area contributed by atoms with Crippen LogP contribution in [-0.4, -0.2) is 16.0 Å². The van der Waals surface area contributed by atoms with Crippen LogP contribution in [0, 0.1) is 5.92 Å². The Morgan fingerprint density at radius 3 is 2.82 bits per heavy atom.